The monoisotopic (exact) mass is 292 g/mol. The SMILES string of the molecule is CCSc1cccc(N(CC)C(C)(C)C(=O)O)c1C#N. The maximum Gasteiger partial charge on any atom is 0.328 e. The zero-order valence-corrected chi connectivity index (χ0v) is 13.1. The van der Waals surface area contributed by atoms with E-state index in [1.165, 1.54) is 0 Å². The fraction of sp³-hybridized carbons (Fsp3) is 0.467. The Labute approximate surface area is 124 Å². The van der Waals surface area contributed by atoms with Gasteiger partial charge in [-0.3, -0.25) is 0 Å². The summed E-state index contributed by atoms with van der Waals surface area (Å²) in [6.45, 7) is 7.75. The van der Waals surface area contributed by atoms with Crippen LogP contribution in [0.3, 0.4) is 0 Å². The van der Waals surface area contributed by atoms with Gasteiger partial charge in [0.15, 0.2) is 0 Å². The van der Waals surface area contributed by atoms with E-state index in [0.29, 0.717) is 17.8 Å². The number of nitrogens with zero attached hydrogens (tertiary/aromatic N) is 2. The highest BCUT2D eigenvalue weighted by Crippen LogP contribution is 2.33. The minimum absolute atomic E-state index is 0.522. The van der Waals surface area contributed by atoms with Crippen LogP contribution in [-0.2, 0) is 4.79 Å². The molecule has 0 bridgehead atoms. The lowest BCUT2D eigenvalue weighted by molar-refractivity contribution is -0.142. The molecular formula is C15H20N2O2S. The summed E-state index contributed by atoms with van der Waals surface area (Å²) in [5, 5.41) is 18.8. The molecule has 4 nitrogen and oxygen atoms in total. The second kappa shape index (κ2) is 6.67. The third kappa shape index (κ3) is 3.07. The maximum absolute atomic E-state index is 11.5. The number of benzene rings is 1. The molecule has 1 rings (SSSR count). The van der Waals surface area contributed by atoms with Crippen molar-refractivity contribution in [2.24, 2.45) is 0 Å². The van der Waals surface area contributed by atoms with E-state index in [2.05, 4.69) is 6.07 Å². The number of anilines is 1. The van der Waals surface area contributed by atoms with Gasteiger partial charge < -0.3 is 10.0 Å². The topological polar surface area (TPSA) is 64.3 Å². The number of rotatable bonds is 6. The van der Waals surface area contributed by atoms with E-state index in [0.717, 1.165) is 10.6 Å². The molecule has 0 atom stereocenters. The van der Waals surface area contributed by atoms with E-state index in [9.17, 15) is 15.2 Å². The molecule has 0 aliphatic rings. The Morgan fingerprint density at radius 1 is 1.45 bits per heavy atom. The van der Waals surface area contributed by atoms with Gasteiger partial charge in [-0.15, -0.1) is 11.8 Å². The first-order valence-electron chi connectivity index (χ1n) is 6.57. The molecule has 0 amide bonds. The zero-order valence-electron chi connectivity index (χ0n) is 12.3. The summed E-state index contributed by atoms with van der Waals surface area (Å²) in [5.41, 5.74) is 0.173. The number of carbonyl (C=O) groups is 1. The summed E-state index contributed by atoms with van der Waals surface area (Å²) < 4.78 is 0. The van der Waals surface area contributed by atoms with Crippen LogP contribution in [0.2, 0.25) is 0 Å². The third-order valence-electron chi connectivity index (χ3n) is 3.22. The van der Waals surface area contributed by atoms with Gasteiger partial charge in [0.25, 0.3) is 0 Å². The van der Waals surface area contributed by atoms with Gasteiger partial charge in [-0.2, -0.15) is 5.26 Å². The molecule has 0 saturated carbocycles. The lowest BCUT2D eigenvalue weighted by Gasteiger charge is -2.37. The number of carboxylic acid groups (broad SMARTS) is 1. The van der Waals surface area contributed by atoms with E-state index in [4.69, 9.17) is 0 Å². The molecule has 1 aromatic rings. The van der Waals surface area contributed by atoms with Gasteiger partial charge in [0, 0.05) is 11.4 Å². The molecule has 1 aromatic carbocycles. The lowest BCUT2D eigenvalue weighted by Crippen LogP contribution is -2.50. The second-order valence-electron chi connectivity index (χ2n) is 4.80. The van der Waals surface area contributed by atoms with E-state index in [1.54, 1.807) is 30.5 Å². The molecule has 1 N–H and O–H groups in total. The molecular weight excluding hydrogens is 272 g/mol. The first-order valence-corrected chi connectivity index (χ1v) is 7.55. The van der Waals surface area contributed by atoms with Gasteiger partial charge in [0.2, 0.25) is 0 Å². The van der Waals surface area contributed by atoms with Crippen molar-refractivity contribution in [3.05, 3.63) is 23.8 Å². The zero-order chi connectivity index (χ0) is 15.3. The van der Waals surface area contributed by atoms with Crippen LogP contribution in [0.25, 0.3) is 0 Å². The van der Waals surface area contributed by atoms with Crippen LogP contribution in [0.4, 0.5) is 5.69 Å². The van der Waals surface area contributed by atoms with E-state index in [-0.39, 0.29) is 0 Å². The van der Waals surface area contributed by atoms with Crippen molar-refractivity contribution in [3.63, 3.8) is 0 Å². The molecule has 0 fully saturated rings. The molecule has 5 heteroatoms. The minimum atomic E-state index is -1.06. The molecule has 0 heterocycles. The highest BCUT2D eigenvalue weighted by molar-refractivity contribution is 7.99. The molecule has 0 radical (unpaired) electrons. The van der Waals surface area contributed by atoms with Gasteiger partial charge in [0.05, 0.1) is 11.3 Å². The Morgan fingerprint density at radius 2 is 2.10 bits per heavy atom. The lowest BCUT2D eigenvalue weighted by atomic mass is 10.0. The van der Waals surface area contributed by atoms with Crippen LogP contribution in [0.1, 0.15) is 33.3 Å². The largest absolute Gasteiger partial charge is 0.480 e. The number of thioether (sulfide) groups is 1. The van der Waals surface area contributed by atoms with Crippen LogP contribution in [0, 0.1) is 11.3 Å². The van der Waals surface area contributed by atoms with Crippen LogP contribution in [-0.4, -0.2) is 28.9 Å². The van der Waals surface area contributed by atoms with Crippen molar-refractivity contribution in [3.8, 4) is 6.07 Å². The maximum atomic E-state index is 11.5. The summed E-state index contributed by atoms with van der Waals surface area (Å²) >= 11 is 1.59. The second-order valence-corrected chi connectivity index (χ2v) is 6.11. The van der Waals surface area contributed by atoms with Gasteiger partial charge in [-0.25, -0.2) is 4.79 Å². The minimum Gasteiger partial charge on any atom is -0.480 e. The molecule has 0 unspecified atom stereocenters. The Hall–Kier alpha value is -1.67. The summed E-state index contributed by atoms with van der Waals surface area (Å²) in [7, 11) is 0. The van der Waals surface area contributed by atoms with E-state index >= 15 is 0 Å². The van der Waals surface area contributed by atoms with Gasteiger partial charge in [-0.05, 0) is 38.7 Å². The van der Waals surface area contributed by atoms with Crippen molar-refractivity contribution in [1.82, 2.24) is 0 Å². The molecule has 20 heavy (non-hydrogen) atoms. The summed E-state index contributed by atoms with van der Waals surface area (Å²) in [5.74, 6) is -0.0381. The van der Waals surface area contributed by atoms with Crippen LogP contribution < -0.4 is 4.90 Å². The van der Waals surface area contributed by atoms with E-state index in [1.807, 2.05) is 32.0 Å². The van der Waals surface area contributed by atoms with Gasteiger partial charge >= 0.3 is 5.97 Å². The van der Waals surface area contributed by atoms with Crippen LogP contribution >= 0.6 is 11.8 Å². The van der Waals surface area contributed by atoms with Crippen molar-refractivity contribution in [1.29, 1.82) is 5.26 Å². The van der Waals surface area contributed by atoms with Crippen molar-refractivity contribution < 1.29 is 9.90 Å². The number of nitriles is 1. The number of aliphatic carboxylic acids is 1. The summed E-state index contributed by atoms with van der Waals surface area (Å²) in [4.78, 5) is 14.1. The van der Waals surface area contributed by atoms with Crippen LogP contribution in [0.5, 0.6) is 0 Å². The summed E-state index contributed by atoms with van der Waals surface area (Å²) in [6, 6.07) is 7.80. The Balaban J connectivity index is 3.40. The molecule has 0 aliphatic carbocycles. The molecule has 0 saturated heterocycles. The fourth-order valence-corrected chi connectivity index (χ4v) is 2.90. The average Bonchev–Trinajstić information content (AvgIpc) is 2.39. The average molecular weight is 292 g/mol. The standard InChI is InChI=1S/C15H20N2O2S/c1-5-17(15(3,4)14(18)19)12-8-7-9-13(20-6-2)11(12)10-16/h7-9H,5-6H2,1-4H3,(H,18,19). The molecule has 0 aromatic heterocycles. The third-order valence-corrected chi connectivity index (χ3v) is 4.16. The number of hydrogen-bond donors (Lipinski definition) is 1. The Kier molecular flexibility index (Phi) is 5.46. The summed E-state index contributed by atoms with van der Waals surface area (Å²) in [6.07, 6.45) is 0. The molecule has 0 aliphatic heterocycles. The molecule has 108 valence electrons. The smallest absolute Gasteiger partial charge is 0.328 e. The number of carboxylic acids is 1. The predicted octanol–water partition coefficient (Wildman–Crippen LogP) is 3.36. The van der Waals surface area contributed by atoms with E-state index < -0.39 is 11.5 Å². The van der Waals surface area contributed by atoms with Crippen LogP contribution in [0.15, 0.2) is 23.1 Å². The van der Waals surface area contributed by atoms with Gasteiger partial charge in [-0.1, -0.05) is 13.0 Å². The van der Waals surface area contributed by atoms with Gasteiger partial charge in [0.1, 0.15) is 11.6 Å². The quantitative estimate of drug-likeness (QED) is 0.814. The Bertz CT molecular complexity index is 535. The number of hydrogen-bond acceptors (Lipinski definition) is 4. The highest BCUT2D eigenvalue weighted by atomic mass is 32.2. The first-order chi connectivity index (χ1) is 9.39. The molecule has 0 spiro atoms. The fourth-order valence-electron chi connectivity index (χ4n) is 2.11. The predicted molar refractivity (Wildman–Crippen MR) is 82.3 cm³/mol. The van der Waals surface area contributed by atoms with Crippen molar-refractivity contribution >= 4 is 23.4 Å². The normalized spacial score (nSPS) is 10.9. The highest BCUT2D eigenvalue weighted by Gasteiger charge is 2.35. The first kappa shape index (κ1) is 16.4. The van der Waals surface area contributed by atoms with Crippen molar-refractivity contribution in [2.75, 3.05) is 17.2 Å². The Morgan fingerprint density at radius 3 is 2.55 bits per heavy atom. The van der Waals surface area contributed by atoms with Crippen molar-refractivity contribution in [2.45, 2.75) is 38.1 Å². The number of likely N-dealkylation sites (N-methyl/N-ethyl adjacent to an activating group) is 1.